The fraction of sp³-hybridized carbons (Fsp3) is 0.174. The molecule has 2 aromatic heterocycles. The molecule has 9 nitrogen and oxygen atoms in total. The minimum Gasteiger partial charge on any atom is -0.382 e. The average Bonchev–Trinajstić information content (AvgIpc) is 2.75. The zero-order chi connectivity index (χ0) is 23.3. The van der Waals surface area contributed by atoms with Crippen LogP contribution in [-0.4, -0.2) is 19.5 Å². The van der Waals surface area contributed by atoms with E-state index in [2.05, 4.69) is 16.9 Å². The molecule has 0 bridgehead atoms. The number of hydrogen-bond donors (Lipinski definition) is 3. The standard InChI is InChI=1S/C18H18N2O.C5H6N6/c1-3-8-16-19-15-12-7-9-13(2)17(15)18(21)20(16)14-10-5-4-6-11-14;6-1-2-3(7)10-5(9)11-4(2)8/h4-7,9-12H,3,8H2,1-2H3;(H6,7,8,9,10,11). The number of rotatable bonds is 3. The highest BCUT2D eigenvalue weighted by atomic mass is 16.1. The number of nitrogens with two attached hydrogens (primary N) is 3. The molecule has 0 amide bonds. The van der Waals surface area contributed by atoms with E-state index in [0.717, 1.165) is 35.4 Å². The van der Waals surface area contributed by atoms with E-state index in [-0.39, 0.29) is 28.7 Å². The molecule has 162 valence electrons. The molecule has 9 heteroatoms. The lowest BCUT2D eigenvalue weighted by atomic mass is 10.1. The van der Waals surface area contributed by atoms with Gasteiger partial charge in [0, 0.05) is 6.42 Å². The third-order valence-electron chi connectivity index (χ3n) is 4.76. The summed E-state index contributed by atoms with van der Waals surface area (Å²) in [5.41, 5.74) is 18.5. The Labute approximate surface area is 185 Å². The molecule has 0 aliphatic carbocycles. The quantitative estimate of drug-likeness (QED) is 0.448. The van der Waals surface area contributed by atoms with Gasteiger partial charge in [-0.05, 0) is 37.1 Å². The van der Waals surface area contributed by atoms with Crippen LogP contribution in [0.3, 0.4) is 0 Å². The van der Waals surface area contributed by atoms with Gasteiger partial charge in [0.25, 0.3) is 5.56 Å². The van der Waals surface area contributed by atoms with Gasteiger partial charge in [-0.15, -0.1) is 0 Å². The molecule has 0 aliphatic heterocycles. The van der Waals surface area contributed by atoms with Crippen LogP contribution in [0.4, 0.5) is 17.6 Å². The largest absolute Gasteiger partial charge is 0.382 e. The number of aromatic nitrogens is 4. The van der Waals surface area contributed by atoms with Crippen LogP contribution in [0, 0.1) is 18.3 Å². The van der Waals surface area contributed by atoms with Crippen molar-refractivity contribution in [2.24, 2.45) is 0 Å². The molecule has 0 radical (unpaired) electrons. The summed E-state index contributed by atoms with van der Waals surface area (Å²) in [4.78, 5) is 24.8. The molecule has 0 atom stereocenters. The summed E-state index contributed by atoms with van der Waals surface area (Å²) in [5, 5.41) is 9.17. The first-order chi connectivity index (χ1) is 15.4. The number of benzene rings is 2. The first-order valence-electron chi connectivity index (χ1n) is 10.0. The SMILES string of the molecule is CCCc1nc2cccc(C)c2c(=O)n1-c1ccccc1.N#Cc1c(N)nc(N)nc1N. The van der Waals surface area contributed by atoms with Crippen molar-refractivity contribution in [2.75, 3.05) is 17.2 Å². The first kappa shape index (κ1) is 22.2. The van der Waals surface area contributed by atoms with E-state index in [4.69, 9.17) is 27.4 Å². The topological polar surface area (TPSA) is 163 Å². The second-order valence-corrected chi connectivity index (χ2v) is 7.06. The maximum Gasteiger partial charge on any atom is 0.266 e. The first-order valence-corrected chi connectivity index (χ1v) is 10.0. The van der Waals surface area contributed by atoms with E-state index >= 15 is 0 Å². The minimum atomic E-state index is -0.0287. The van der Waals surface area contributed by atoms with Gasteiger partial charge >= 0.3 is 0 Å². The van der Waals surface area contributed by atoms with E-state index in [1.54, 1.807) is 10.6 Å². The van der Waals surface area contributed by atoms with Gasteiger partial charge in [0.1, 0.15) is 29.1 Å². The zero-order valence-corrected chi connectivity index (χ0v) is 17.9. The predicted octanol–water partition coefficient (Wildman–Crippen LogP) is 2.74. The fourth-order valence-corrected chi connectivity index (χ4v) is 3.31. The van der Waals surface area contributed by atoms with Crippen LogP contribution in [0.1, 0.15) is 30.3 Å². The maximum atomic E-state index is 13.0. The van der Waals surface area contributed by atoms with Crippen molar-refractivity contribution in [2.45, 2.75) is 26.7 Å². The molecule has 0 aliphatic rings. The summed E-state index contributed by atoms with van der Waals surface area (Å²) in [6, 6.07) is 17.3. The summed E-state index contributed by atoms with van der Waals surface area (Å²) >= 11 is 0. The smallest absolute Gasteiger partial charge is 0.266 e. The Kier molecular flexibility index (Phi) is 6.65. The number of para-hydroxylation sites is 1. The summed E-state index contributed by atoms with van der Waals surface area (Å²) in [6.07, 6.45) is 1.74. The number of nitrogen functional groups attached to an aromatic ring is 3. The van der Waals surface area contributed by atoms with Crippen molar-refractivity contribution in [1.82, 2.24) is 19.5 Å². The van der Waals surface area contributed by atoms with Gasteiger partial charge in [-0.25, -0.2) is 4.98 Å². The Morgan fingerprint density at radius 2 is 1.62 bits per heavy atom. The highest BCUT2D eigenvalue weighted by Gasteiger charge is 2.13. The lowest BCUT2D eigenvalue weighted by Crippen LogP contribution is -2.24. The van der Waals surface area contributed by atoms with Gasteiger partial charge in [0.2, 0.25) is 5.95 Å². The lowest BCUT2D eigenvalue weighted by Gasteiger charge is -2.14. The Balaban J connectivity index is 0.000000222. The van der Waals surface area contributed by atoms with Crippen molar-refractivity contribution >= 4 is 28.5 Å². The van der Waals surface area contributed by atoms with Gasteiger partial charge in [-0.1, -0.05) is 37.3 Å². The molecule has 2 heterocycles. The molecule has 4 aromatic rings. The highest BCUT2D eigenvalue weighted by Crippen LogP contribution is 2.17. The Morgan fingerprint density at radius 3 is 2.22 bits per heavy atom. The van der Waals surface area contributed by atoms with Gasteiger partial charge in [0.05, 0.1) is 16.6 Å². The number of nitrogens with zero attached hydrogens (tertiary/aromatic N) is 5. The van der Waals surface area contributed by atoms with Crippen LogP contribution in [0.2, 0.25) is 0 Å². The minimum absolute atomic E-state index is 0.0116. The van der Waals surface area contributed by atoms with Gasteiger partial charge < -0.3 is 17.2 Å². The summed E-state index contributed by atoms with van der Waals surface area (Å²) in [7, 11) is 0. The summed E-state index contributed by atoms with van der Waals surface area (Å²) < 4.78 is 1.75. The molecule has 0 saturated heterocycles. The van der Waals surface area contributed by atoms with Crippen molar-refractivity contribution in [3.63, 3.8) is 0 Å². The average molecular weight is 429 g/mol. The molecule has 0 unspecified atom stereocenters. The van der Waals surface area contributed by atoms with Crippen LogP contribution < -0.4 is 22.8 Å². The third kappa shape index (κ3) is 4.49. The van der Waals surface area contributed by atoms with Gasteiger partial charge in [0.15, 0.2) is 0 Å². The molecule has 0 spiro atoms. The number of fused-ring (bicyclic) bond motifs is 1. The number of hydrogen-bond acceptors (Lipinski definition) is 8. The molecule has 0 fully saturated rings. The second-order valence-electron chi connectivity index (χ2n) is 7.06. The third-order valence-corrected chi connectivity index (χ3v) is 4.76. The van der Waals surface area contributed by atoms with E-state index in [9.17, 15) is 4.79 Å². The van der Waals surface area contributed by atoms with E-state index < -0.39 is 0 Å². The molecule has 4 rings (SSSR count). The van der Waals surface area contributed by atoms with Crippen LogP contribution in [-0.2, 0) is 6.42 Å². The van der Waals surface area contributed by atoms with Crippen LogP contribution in [0.5, 0.6) is 0 Å². The lowest BCUT2D eigenvalue weighted by molar-refractivity contribution is 0.774. The Bertz CT molecular complexity index is 1330. The van der Waals surface area contributed by atoms with Gasteiger partial charge in [-0.3, -0.25) is 9.36 Å². The molecule has 6 N–H and O–H groups in total. The monoisotopic (exact) mass is 428 g/mol. The predicted molar refractivity (Wildman–Crippen MR) is 126 cm³/mol. The Hall–Kier alpha value is -4.45. The molecule has 0 saturated carbocycles. The molecule has 32 heavy (non-hydrogen) atoms. The van der Waals surface area contributed by atoms with Crippen LogP contribution in [0.25, 0.3) is 16.6 Å². The number of nitriles is 1. The number of aryl methyl sites for hydroxylation is 2. The van der Waals surface area contributed by atoms with E-state index in [1.165, 1.54) is 0 Å². The summed E-state index contributed by atoms with van der Waals surface area (Å²) in [6.45, 7) is 4.06. The zero-order valence-electron chi connectivity index (χ0n) is 17.9. The number of anilines is 3. The normalized spacial score (nSPS) is 10.3. The maximum absolute atomic E-state index is 13.0. The van der Waals surface area contributed by atoms with Crippen molar-refractivity contribution < 1.29 is 0 Å². The second kappa shape index (κ2) is 9.57. The fourth-order valence-electron chi connectivity index (χ4n) is 3.31. The van der Waals surface area contributed by atoms with E-state index in [1.807, 2.05) is 55.5 Å². The molecular formula is C23H24N8O. The summed E-state index contributed by atoms with van der Waals surface area (Å²) in [5.74, 6) is 0.820. The van der Waals surface area contributed by atoms with Crippen LogP contribution >= 0.6 is 0 Å². The highest BCUT2D eigenvalue weighted by molar-refractivity contribution is 5.81. The van der Waals surface area contributed by atoms with E-state index in [0.29, 0.717) is 5.39 Å². The molecular weight excluding hydrogens is 404 g/mol. The Morgan fingerprint density at radius 1 is 0.969 bits per heavy atom. The van der Waals surface area contributed by atoms with Crippen LogP contribution in [0.15, 0.2) is 53.3 Å². The van der Waals surface area contributed by atoms with Crippen molar-refractivity contribution in [3.8, 4) is 11.8 Å². The van der Waals surface area contributed by atoms with Crippen molar-refractivity contribution in [1.29, 1.82) is 5.26 Å². The van der Waals surface area contributed by atoms with Gasteiger partial charge in [-0.2, -0.15) is 15.2 Å². The molecule has 2 aromatic carbocycles. The van der Waals surface area contributed by atoms with Crippen molar-refractivity contribution in [3.05, 3.63) is 75.8 Å².